The predicted molar refractivity (Wildman–Crippen MR) is 65.2 cm³/mol. The van der Waals surface area contributed by atoms with Crippen LogP contribution in [0.2, 0.25) is 0 Å². The summed E-state index contributed by atoms with van der Waals surface area (Å²) in [6.45, 7) is 3.70. The van der Waals surface area contributed by atoms with Gasteiger partial charge in [0.05, 0.1) is 0 Å². The molecule has 1 aromatic carbocycles. The van der Waals surface area contributed by atoms with Gasteiger partial charge in [0, 0.05) is 23.5 Å². The average molecular weight is 209 g/mol. The molecule has 2 rings (SSSR count). The summed E-state index contributed by atoms with van der Waals surface area (Å²) in [4.78, 5) is 14.9. The van der Waals surface area contributed by atoms with Gasteiger partial charge < -0.3 is 0 Å². The molecule has 1 heterocycles. The summed E-state index contributed by atoms with van der Waals surface area (Å²) in [5.41, 5.74) is 3.55. The Bertz CT molecular complexity index is 515. The number of pyridine rings is 1. The maximum atomic E-state index is 10.9. The standard InChI is InChI=1S/C14H11NO/c1-2-11-3-5-12(6-4-11)14-9-15-8-7-13(14)10-16/h2-10H,1H2. The number of rotatable bonds is 3. The van der Waals surface area contributed by atoms with Crippen LogP contribution in [0.5, 0.6) is 0 Å². The van der Waals surface area contributed by atoms with Crippen molar-refractivity contribution in [3.05, 3.63) is 60.4 Å². The van der Waals surface area contributed by atoms with E-state index in [-0.39, 0.29) is 0 Å². The second-order valence-electron chi connectivity index (χ2n) is 3.41. The van der Waals surface area contributed by atoms with Crippen molar-refractivity contribution in [2.45, 2.75) is 0 Å². The molecule has 0 aliphatic rings. The summed E-state index contributed by atoms with van der Waals surface area (Å²) in [5, 5.41) is 0. The molecule has 0 fully saturated rings. The Kier molecular flexibility index (Phi) is 2.92. The number of aldehydes is 1. The first-order chi connectivity index (χ1) is 7.85. The highest BCUT2D eigenvalue weighted by atomic mass is 16.1. The predicted octanol–water partition coefficient (Wildman–Crippen LogP) is 3.20. The van der Waals surface area contributed by atoms with Crippen LogP contribution in [0, 0.1) is 0 Å². The normalized spacial score (nSPS) is 9.75. The minimum Gasteiger partial charge on any atom is -0.298 e. The summed E-state index contributed by atoms with van der Waals surface area (Å²) in [6, 6.07) is 9.56. The van der Waals surface area contributed by atoms with Crippen LogP contribution in [0.25, 0.3) is 17.2 Å². The monoisotopic (exact) mass is 209 g/mol. The van der Waals surface area contributed by atoms with E-state index in [1.807, 2.05) is 24.3 Å². The number of hydrogen-bond donors (Lipinski definition) is 0. The molecule has 0 aliphatic carbocycles. The van der Waals surface area contributed by atoms with E-state index in [0.29, 0.717) is 5.56 Å². The van der Waals surface area contributed by atoms with E-state index >= 15 is 0 Å². The van der Waals surface area contributed by atoms with Crippen molar-refractivity contribution in [3.8, 4) is 11.1 Å². The maximum Gasteiger partial charge on any atom is 0.150 e. The molecule has 0 saturated heterocycles. The zero-order valence-corrected chi connectivity index (χ0v) is 8.76. The molecule has 78 valence electrons. The molecule has 2 nitrogen and oxygen atoms in total. The highest BCUT2D eigenvalue weighted by Gasteiger charge is 2.03. The Balaban J connectivity index is 2.49. The Morgan fingerprint density at radius 1 is 1.12 bits per heavy atom. The van der Waals surface area contributed by atoms with Gasteiger partial charge in [-0.25, -0.2) is 0 Å². The van der Waals surface area contributed by atoms with Gasteiger partial charge >= 0.3 is 0 Å². The van der Waals surface area contributed by atoms with Gasteiger partial charge in [0.1, 0.15) is 0 Å². The van der Waals surface area contributed by atoms with Crippen LogP contribution in [0.1, 0.15) is 15.9 Å². The third-order valence-corrected chi connectivity index (χ3v) is 2.44. The SMILES string of the molecule is C=Cc1ccc(-c2cnccc2C=O)cc1. The van der Waals surface area contributed by atoms with E-state index in [2.05, 4.69) is 11.6 Å². The molecule has 0 radical (unpaired) electrons. The van der Waals surface area contributed by atoms with Crippen molar-refractivity contribution in [1.82, 2.24) is 4.98 Å². The molecule has 1 aromatic heterocycles. The highest BCUT2D eigenvalue weighted by molar-refractivity contribution is 5.87. The summed E-state index contributed by atoms with van der Waals surface area (Å²) in [6.07, 6.45) is 5.95. The van der Waals surface area contributed by atoms with Crippen LogP contribution in [0.4, 0.5) is 0 Å². The van der Waals surface area contributed by atoms with Gasteiger partial charge in [0.15, 0.2) is 6.29 Å². The third kappa shape index (κ3) is 1.91. The third-order valence-electron chi connectivity index (χ3n) is 2.44. The van der Waals surface area contributed by atoms with Gasteiger partial charge in [-0.05, 0) is 17.2 Å². The summed E-state index contributed by atoms with van der Waals surface area (Å²) < 4.78 is 0. The van der Waals surface area contributed by atoms with E-state index in [1.165, 1.54) is 0 Å². The second-order valence-corrected chi connectivity index (χ2v) is 3.41. The smallest absolute Gasteiger partial charge is 0.150 e. The fourth-order valence-corrected chi connectivity index (χ4v) is 1.55. The van der Waals surface area contributed by atoms with E-state index in [1.54, 1.807) is 24.5 Å². The quantitative estimate of drug-likeness (QED) is 0.726. The van der Waals surface area contributed by atoms with E-state index in [4.69, 9.17) is 0 Å². The van der Waals surface area contributed by atoms with Crippen molar-refractivity contribution >= 4 is 12.4 Å². The first kappa shape index (κ1) is 10.3. The molecular formula is C14H11NO. The van der Waals surface area contributed by atoms with Crippen LogP contribution < -0.4 is 0 Å². The summed E-state index contributed by atoms with van der Waals surface area (Å²) >= 11 is 0. The van der Waals surface area contributed by atoms with Crippen molar-refractivity contribution in [2.75, 3.05) is 0 Å². The number of carbonyl (C=O) groups excluding carboxylic acids is 1. The van der Waals surface area contributed by atoms with Crippen molar-refractivity contribution in [3.63, 3.8) is 0 Å². The summed E-state index contributed by atoms with van der Waals surface area (Å²) in [5.74, 6) is 0. The minimum atomic E-state index is 0.654. The molecule has 2 heteroatoms. The molecule has 0 saturated carbocycles. The van der Waals surface area contributed by atoms with Gasteiger partial charge in [-0.3, -0.25) is 9.78 Å². The van der Waals surface area contributed by atoms with Gasteiger partial charge in [-0.15, -0.1) is 0 Å². The van der Waals surface area contributed by atoms with E-state index in [9.17, 15) is 4.79 Å². The van der Waals surface area contributed by atoms with Gasteiger partial charge in [-0.2, -0.15) is 0 Å². The Hall–Kier alpha value is -2.22. The fourth-order valence-electron chi connectivity index (χ4n) is 1.55. The molecule has 16 heavy (non-hydrogen) atoms. The number of carbonyl (C=O) groups is 1. The maximum absolute atomic E-state index is 10.9. The lowest BCUT2D eigenvalue weighted by Crippen LogP contribution is -1.88. The van der Waals surface area contributed by atoms with Crippen LogP contribution in [-0.2, 0) is 0 Å². The van der Waals surface area contributed by atoms with Crippen LogP contribution in [0.15, 0.2) is 49.3 Å². The lowest BCUT2D eigenvalue weighted by Gasteiger charge is -2.04. The highest BCUT2D eigenvalue weighted by Crippen LogP contribution is 2.22. The number of hydrogen-bond acceptors (Lipinski definition) is 2. The van der Waals surface area contributed by atoms with Crippen LogP contribution in [0.3, 0.4) is 0 Å². The second kappa shape index (κ2) is 4.53. The molecule has 0 bridgehead atoms. The molecule has 0 unspecified atom stereocenters. The lowest BCUT2D eigenvalue weighted by molar-refractivity contribution is 0.112. The average Bonchev–Trinajstić information content (AvgIpc) is 2.39. The molecule has 0 spiro atoms. The van der Waals surface area contributed by atoms with Gasteiger partial charge in [0.25, 0.3) is 0 Å². The molecule has 0 atom stereocenters. The fraction of sp³-hybridized carbons (Fsp3) is 0. The minimum absolute atomic E-state index is 0.654. The first-order valence-electron chi connectivity index (χ1n) is 4.97. The lowest BCUT2D eigenvalue weighted by atomic mass is 10.0. The Morgan fingerprint density at radius 2 is 1.88 bits per heavy atom. The zero-order valence-electron chi connectivity index (χ0n) is 8.76. The Labute approximate surface area is 94.3 Å². The number of aromatic nitrogens is 1. The van der Waals surface area contributed by atoms with Crippen LogP contribution >= 0.6 is 0 Å². The number of benzene rings is 1. The van der Waals surface area contributed by atoms with Crippen molar-refractivity contribution < 1.29 is 4.79 Å². The van der Waals surface area contributed by atoms with Gasteiger partial charge in [-0.1, -0.05) is 36.9 Å². The summed E-state index contributed by atoms with van der Waals surface area (Å²) in [7, 11) is 0. The van der Waals surface area contributed by atoms with Gasteiger partial charge in [0.2, 0.25) is 0 Å². The topological polar surface area (TPSA) is 30.0 Å². The first-order valence-corrected chi connectivity index (χ1v) is 4.97. The molecule has 0 aliphatic heterocycles. The molecule has 0 N–H and O–H groups in total. The van der Waals surface area contributed by atoms with E-state index < -0.39 is 0 Å². The van der Waals surface area contributed by atoms with Crippen LogP contribution in [-0.4, -0.2) is 11.3 Å². The zero-order chi connectivity index (χ0) is 11.4. The molecule has 2 aromatic rings. The van der Waals surface area contributed by atoms with Crippen molar-refractivity contribution in [1.29, 1.82) is 0 Å². The molecular weight excluding hydrogens is 198 g/mol. The molecule has 0 amide bonds. The largest absolute Gasteiger partial charge is 0.298 e. The van der Waals surface area contributed by atoms with Crippen molar-refractivity contribution in [2.24, 2.45) is 0 Å². The van der Waals surface area contributed by atoms with E-state index in [0.717, 1.165) is 23.0 Å². The number of nitrogens with zero attached hydrogens (tertiary/aromatic N) is 1. The Morgan fingerprint density at radius 3 is 2.50 bits per heavy atom.